The number of carbonyl (C=O) groups excluding carboxylic acids is 1. The number of nitrogens with zero attached hydrogens (tertiary/aromatic N) is 4. The highest BCUT2D eigenvalue weighted by atomic mass is 19.1. The second-order valence-electron chi connectivity index (χ2n) is 6.90. The fraction of sp³-hybridized carbons (Fsp3) is 0.450. The molecule has 1 atom stereocenters. The van der Waals surface area contributed by atoms with E-state index in [-0.39, 0.29) is 11.7 Å². The van der Waals surface area contributed by atoms with Gasteiger partial charge in [-0.15, -0.1) is 0 Å². The summed E-state index contributed by atoms with van der Waals surface area (Å²) in [6, 6.07) is 8.19. The van der Waals surface area contributed by atoms with Crippen molar-refractivity contribution in [2.75, 3.05) is 31.1 Å². The summed E-state index contributed by atoms with van der Waals surface area (Å²) in [6.07, 6.45) is 2.12. The Balaban J connectivity index is 1.48. The summed E-state index contributed by atoms with van der Waals surface area (Å²) < 4.78 is 20.3. The fourth-order valence-corrected chi connectivity index (χ4v) is 3.74. The molecule has 1 fully saturated rings. The van der Waals surface area contributed by atoms with Crippen LogP contribution in [0.25, 0.3) is 0 Å². The van der Waals surface area contributed by atoms with Crippen molar-refractivity contribution in [3.05, 3.63) is 53.2 Å². The lowest BCUT2D eigenvalue weighted by Gasteiger charge is -2.37. The van der Waals surface area contributed by atoms with Crippen molar-refractivity contribution in [2.45, 2.75) is 32.4 Å². The average molecular weight is 370 g/mol. The van der Waals surface area contributed by atoms with Crippen LogP contribution in [-0.2, 0) is 28.9 Å². The third kappa shape index (κ3) is 3.51. The zero-order valence-electron chi connectivity index (χ0n) is 15.4. The van der Waals surface area contributed by atoms with Crippen LogP contribution < -0.4 is 4.90 Å². The maximum Gasteiger partial charge on any atom is 0.253 e. The molecule has 1 amide bonds. The Hall–Kier alpha value is -2.54. The van der Waals surface area contributed by atoms with Crippen LogP contribution in [0.5, 0.6) is 0 Å². The minimum absolute atomic E-state index is 0.0422. The Morgan fingerprint density at radius 1 is 1.26 bits per heavy atom. The zero-order valence-corrected chi connectivity index (χ0v) is 15.4. The first kappa shape index (κ1) is 17.9. The minimum Gasteiger partial charge on any atom is -0.365 e. The maximum absolute atomic E-state index is 14.6. The van der Waals surface area contributed by atoms with Gasteiger partial charge in [-0.2, -0.15) is 0 Å². The van der Waals surface area contributed by atoms with Crippen LogP contribution in [0.4, 0.5) is 10.2 Å². The summed E-state index contributed by atoms with van der Waals surface area (Å²) in [7, 11) is 0. The number of benzene rings is 1. The van der Waals surface area contributed by atoms with Crippen LogP contribution in [0.2, 0.25) is 0 Å². The molecule has 1 aromatic heterocycles. The number of rotatable bonds is 3. The van der Waals surface area contributed by atoms with Gasteiger partial charge in [-0.1, -0.05) is 31.2 Å². The van der Waals surface area contributed by atoms with E-state index in [1.54, 1.807) is 4.90 Å². The topological polar surface area (TPSA) is 58.6 Å². The Kier molecular flexibility index (Phi) is 5.03. The van der Waals surface area contributed by atoms with Crippen molar-refractivity contribution in [1.82, 2.24) is 14.9 Å². The van der Waals surface area contributed by atoms with E-state index >= 15 is 0 Å². The normalized spacial score (nSPS) is 19.7. The molecule has 1 unspecified atom stereocenters. The number of fused-ring (bicyclic) bond motifs is 1. The Labute approximate surface area is 158 Å². The number of hydrogen-bond acceptors (Lipinski definition) is 5. The summed E-state index contributed by atoms with van der Waals surface area (Å²) in [5, 5.41) is 0. The molecule has 2 aromatic rings. The van der Waals surface area contributed by atoms with Crippen molar-refractivity contribution in [2.24, 2.45) is 0 Å². The van der Waals surface area contributed by atoms with E-state index in [1.807, 2.05) is 24.0 Å². The highest BCUT2D eigenvalue weighted by Crippen LogP contribution is 2.23. The van der Waals surface area contributed by atoms with Gasteiger partial charge in [0.15, 0.2) is 17.7 Å². The van der Waals surface area contributed by atoms with Crippen LogP contribution in [0.15, 0.2) is 30.6 Å². The lowest BCUT2D eigenvalue weighted by molar-refractivity contribution is -0.145. The van der Waals surface area contributed by atoms with Gasteiger partial charge in [-0.3, -0.25) is 4.79 Å². The zero-order chi connectivity index (χ0) is 18.8. The predicted octanol–water partition coefficient (Wildman–Crippen LogP) is 1.97. The average Bonchev–Trinajstić information content (AvgIpc) is 2.73. The maximum atomic E-state index is 14.6. The van der Waals surface area contributed by atoms with Crippen molar-refractivity contribution in [1.29, 1.82) is 0 Å². The standard InChI is InChI=1S/C20H23FN4O2/c1-2-16-18(21)19(23-13-22-16)24-9-10-27-17(12-24)20(26)25-8-7-14-5-3-4-6-15(14)11-25/h3-6,13,17H,2,7-12H2,1H3. The fourth-order valence-electron chi connectivity index (χ4n) is 3.74. The molecule has 2 aliphatic rings. The third-order valence-electron chi connectivity index (χ3n) is 5.26. The molecule has 1 aromatic carbocycles. The van der Waals surface area contributed by atoms with Crippen LogP contribution in [0.3, 0.4) is 0 Å². The van der Waals surface area contributed by atoms with Gasteiger partial charge in [0.05, 0.1) is 18.8 Å². The number of ether oxygens (including phenoxy) is 1. The van der Waals surface area contributed by atoms with Gasteiger partial charge in [0.1, 0.15) is 6.33 Å². The van der Waals surface area contributed by atoms with E-state index in [0.717, 1.165) is 6.42 Å². The molecule has 0 saturated carbocycles. The van der Waals surface area contributed by atoms with E-state index in [1.165, 1.54) is 17.5 Å². The van der Waals surface area contributed by atoms with Gasteiger partial charge in [0, 0.05) is 19.6 Å². The van der Waals surface area contributed by atoms with E-state index in [4.69, 9.17) is 4.74 Å². The summed E-state index contributed by atoms with van der Waals surface area (Å²) in [5.41, 5.74) is 2.86. The number of aryl methyl sites for hydroxylation is 1. The molecule has 1 saturated heterocycles. The van der Waals surface area contributed by atoms with Gasteiger partial charge < -0.3 is 14.5 Å². The van der Waals surface area contributed by atoms with Crippen LogP contribution >= 0.6 is 0 Å². The van der Waals surface area contributed by atoms with Gasteiger partial charge >= 0.3 is 0 Å². The molecule has 0 aliphatic carbocycles. The number of carbonyl (C=O) groups is 1. The second-order valence-corrected chi connectivity index (χ2v) is 6.90. The van der Waals surface area contributed by atoms with E-state index < -0.39 is 11.9 Å². The van der Waals surface area contributed by atoms with Crippen molar-refractivity contribution in [3.63, 3.8) is 0 Å². The Morgan fingerprint density at radius 3 is 2.89 bits per heavy atom. The SMILES string of the molecule is CCc1ncnc(N2CCOC(C(=O)N3CCc4ccccc4C3)C2)c1F. The first-order valence-electron chi connectivity index (χ1n) is 9.39. The van der Waals surface area contributed by atoms with E-state index in [0.29, 0.717) is 44.9 Å². The smallest absolute Gasteiger partial charge is 0.253 e. The first-order valence-corrected chi connectivity index (χ1v) is 9.39. The predicted molar refractivity (Wildman–Crippen MR) is 98.9 cm³/mol. The Bertz CT molecular complexity index is 844. The molecule has 27 heavy (non-hydrogen) atoms. The molecule has 0 radical (unpaired) electrons. The van der Waals surface area contributed by atoms with Gasteiger partial charge in [-0.25, -0.2) is 14.4 Å². The number of hydrogen-bond donors (Lipinski definition) is 0. The third-order valence-corrected chi connectivity index (χ3v) is 5.26. The molecule has 6 nitrogen and oxygen atoms in total. The molecule has 0 bridgehead atoms. The summed E-state index contributed by atoms with van der Waals surface area (Å²) in [5.74, 6) is -0.189. The number of halogens is 1. The van der Waals surface area contributed by atoms with Gasteiger partial charge in [0.2, 0.25) is 0 Å². The highest BCUT2D eigenvalue weighted by molar-refractivity contribution is 5.82. The van der Waals surface area contributed by atoms with E-state index in [2.05, 4.69) is 22.1 Å². The van der Waals surface area contributed by atoms with E-state index in [9.17, 15) is 9.18 Å². The van der Waals surface area contributed by atoms with Crippen LogP contribution in [0.1, 0.15) is 23.7 Å². The van der Waals surface area contributed by atoms with Crippen molar-refractivity contribution < 1.29 is 13.9 Å². The first-order chi connectivity index (χ1) is 13.2. The molecular formula is C20H23FN4O2. The molecule has 0 spiro atoms. The van der Waals surface area contributed by atoms with Crippen LogP contribution in [-0.4, -0.2) is 53.1 Å². The molecule has 3 heterocycles. The van der Waals surface area contributed by atoms with Gasteiger partial charge in [0.25, 0.3) is 5.91 Å². The molecule has 2 aliphatic heterocycles. The number of anilines is 1. The minimum atomic E-state index is -0.608. The monoisotopic (exact) mass is 370 g/mol. The molecule has 4 rings (SSSR count). The van der Waals surface area contributed by atoms with Crippen molar-refractivity contribution >= 4 is 11.7 Å². The summed E-state index contributed by atoms with van der Waals surface area (Å²) >= 11 is 0. The number of amides is 1. The quantitative estimate of drug-likeness (QED) is 0.827. The van der Waals surface area contributed by atoms with Crippen molar-refractivity contribution in [3.8, 4) is 0 Å². The molecule has 7 heteroatoms. The largest absolute Gasteiger partial charge is 0.365 e. The number of aromatic nitrogens is 2. The Morgan fingerprint density at radius 2 is 2.07 bits per heavy atom. The highest BCUT2D eigenvalue weighted by Gasteiger charge is 2.33. The second kappa shape index (κ2) is 7.60. The lowest BCUT2D eigenvalue weighted by atomic mass is 9.99. The van der Waals surface area contributed by atoms with Gasteiger partial charge in [-0.05, 0) is 24.0 Å². The molecule has 0 N–H and O–H groups in total. The van der Waals surface area contributed by atoms with Crippen LogP contribution in [0, 0.1) is 5.82 Å². The molecule has 142 valence electrons. The number of morpholine rings is 1. The lowest BCUT2D eigenvalue weighted by Crippen LogP contribution is -2.52. The summed E-state index contributed by atoms with van der Waals surface area (Å²) in [4.78, 5) is 24.7. The molecular weight excluding hydrogens is 347 g/mol. The summed E-state index contributed by atoms with van der Waals surface area (Å²) in [6.45, 7) is 4.30.